The van der Waals surface area contributed by atoms with Gasteiger partial charge in [0, 0.05) is 41.8 Å². The van der Waals surface area contributed by atoms with Gasteiger partial charge in [-0.1, -0.05) is 6.07 Å². The van der Waals surface area contributed by atoms with E-state index in [0.717, 1.165) is 16.8 Å². The summed E-state index contributed by atoms with van der Waals surface area (Å²) in [4.78, 5) is 40.9. The smallest absolute Gasteiger partial charge is 0.348 e. The highest BCUT2D eigenvalue weighted by molar-refractivity contribution is 5.97. The maximum atomic E-state index is 12.8. The van der Waals surface area contributed by atoms with Crippen molar-refractivity contribution in [2.24, 2.45) is 0 Å². The molecule has 0 saturated heterocycles. The van der Waals surface area contributed by atoms with E-state index in [1.807, 2.05) is 31.2 Å². The Morgan fingerprint density at radius 1 is 1.08 bits per heavy atom. The molecule has 0 aliphatic rings. The minimum absolute atomic E-state index is 0.0600. The summed E-state index contributed by atoms with van der Waals surface area (Å²) in [5.41, 5.74) is 4.93. The van der Waals surface area contributed by atoms with Crippen LogP contribution in [0.15, 0.2) is 65.6 Å². The number of H-pyrrole nitrogens is 1. The molecule has 5 rings (SSSR count). The number of nitrogens with one attached hydrogen (secondary N) is 2. The molecule has 0 saturated carbocycles. The molecular weight excluding hydrogens is 484 g/mol. The highest BCUT2D eigenvalue weighted by atomic mass is 16.5. The number of aromatic hydroxyl groups is 1. The fraction of sp³-hybridized carbons (Fsp3) is 0.179. The number of ether oxygens (including phenoxy) is 1. The van der Waals surface area contributed by atoms with Gasteiger partial charge in [-0.25, -0.2) is 14.8 Å². The Balaban J connectivity index is 1.37. The number of aromatic nitrogens is 5. The summed E-state index contributed by atoms with van der Waals surface area (Å²) in [6.45, 7) is 4.19. The first kappa shape index (κ1) is 24.7. The van der Waals surface area contributed by atoms with Crippen molar-refractivity contribution in [2.45, 2.75) is 20.4 Å². The van der Waals surface area contributed by atoms with Gasteiger partial charge in [-0.3, -0.25) is 9.36 Å². The Hall–Kier alpha value is -4.99. The third kappa shape index (κ3) is 4.83. The van der Waals surface area contributed by atoms with Crippen LogP contribution >= 0.6 is 0 Å². The lowest BCUT2D eigenvalue weighted by atomic mass is 10.0. The van der Waals surface area contributed by atoms with Crippen LogP contribution in [0, 0.1) is 13.8 Å². The molecule has 0 unspecified atom stereocenters. The van der Waals surface area contributed by atoms with Crippen LogP contribution in [-0.4, -0.2) is 49.2 Å². The standard InChI is InChI=1S/C28H26N6O4/c1-16-13-17(2)34(28(37)31-16)12-11-29-26(36)19-6-8-22-23(15-19)33-25(32-22)21-14-18(7-9-24(21)35)20-5-4-10-30-27(20)38-3/h4-10,13-15,35H,11-12H2,1-3H3,(H,29,36)(H,32,33). The van der Waals surface area contributed by atoms with Gasteiger partial charge >= 0.3 is 5.69 Å². The number of phenols is 1. The third-order valence-corrected chi connectivity index (χ3v) is 6.24. The van der Waals surface area contributed by atoms with Crippen LogP contribution in [0.25, 0.3) is 33.5 Å². The van der Waals surface area contributed by atoms with E-state index >= 15 is 0 Å². The number of aryl methyl sites for hydroxylation is 2. The number of fused-ring (bicyclic) bond motifs is 1. The molecule has 0 radical (unpaired) electrons. The quantitative estimate of drug-likeness (QED) is 0.304. The lowest BCUT2D eigenvalue weighted by Gasteiger charge is -2.10. The van der Waals surface area contributed by atoms with E-state index in [0.29, 0.717) is 46.1 Å². The first-order valence-corrected chi connectivity index (χ1v) is 12.0. The Morgan fingerprint density at radius 2 is 1.92 bits per heavy atom. The van der Waals surface area contributed by atoms with E-state index in [9.17, 15) is 14.7 Å². The number of hydrogen-bond acceptors (Lipinski definition) is 7. The summed E-state index contributed by atoms with van der Waals surface area (Å²) in [7, 11) is 1.56. The summed E-state index contributed by atoms with van der Waals surface area (Å²) in [5, 5.41) is 13.4. The highest BCUT2D eigenvalue weighted by Gasteiger charge is 2.15. The largest absolute Gasteiger partial charge is 0.507 e. The molecule has 3 N–H and O–H groups in total. The summed E-state index contributed by atoms with van der Waals surface area (Å²) < 4.78 is 6.90. The molecule has 3 heterocycles. The maximum absolute atomic E-state index is 12.8. The second kappa shape index (κ2) is 10.2. The number of hydrogen-bond donors (Lipinski definition) is 3. The highest BCUT2D eigenvalue weighted by Crippen LogP contribution is 2.35. The fourth-order valence-corrected chi connectivity index (χ4v) is 4.37. The normalized spacial score (nSPS) is 11.0. The molecule has 2 aromatic carbocycles. The molecule has 10 nitrogen and oxygen atoms in total. The third-order valence-electron chi connectivity index (χ3n) is 6.24. The van der Waals surface area contributed by atoms with Crippen molar-refractivity contribution in [2.75, 3.05) is 13.7 Å². The number of rotatable bonds is 7. The Bertz CT molecular complexity index is 1720. The summed E-state index contributed by atoms with van der Waals surface area (Å²) >= 11 is 0. The van der Waals surface area contributed by atoms with Crippen LogP contribution in [0.2, 0.25) is 0 Å². The number of phenolic OH excluding ortho intramolecular Hbond substituents is 1. The van der Waals surface area contributed by atoms with Gasteiger partial charge in [0.05, 0.1) is 23.7 Å². The van der Waals surface area contributed by atoms with Crippen molar-refractivity contribution < 1.29 is 14.6 Å². The Morgan fingerprint density at radius 3 is 2.71 bits per heavy atom. The number of benzene rings is 2. The van der Waals surface area contributed by atoms with Gasteiger partial charge in [0.2, 0.25) is 5.88 Å². The molecule has 0 aliphatic heterocycles. The molecule has 3 aromatic heterocycles. The second-order valence-electron chi connectivity index (χ2n) is 8.84. The zero-order chi connectivity index (χ0) is 26.8. The van der Waals surface area contributed by atoms with Crippen molar-refractivity contribution >= 4 is 16.9 Å². The van der Waals surface area contributed by atoms with Crippen molar-refractivity contribution in [3.05, 3.63) is 88.2 Å². The average Bonchev–Trinajstić information content (AvgIpc) is 3.33. The van der Waals surface area contributed by atoms with E-state index in [2.05, 4.69) is 25.3 Å². The van der Waals surface area contributed by atoms with E-state index < -0.39 is 0 Å². The minimum Gasteiger partial charge on any atom is -0.507 e. The predicted octanol–water partition coefficient (Wildman–Crippen LogP) is 3.61. The monoisotopic (exact) mass is 510 g/mol. The average molecular weight is 511 g/mol. The topological polar surface area (TPSA) is 135 Å². The van der Waals surface area contributed by atoms with Gasteiger partial charge in [-0.2, -0.15) is 4.98 Å². The summed E-state index contributed by atoms with van der Waals surface area (Å²) in [6.07, 6.45) is 1.65. The zero-order valence-electron chi connectivity index (χ0n) is 21.1. The minimum atomic E-state index is -0.337. The van der Waals surface area contributed by atoms with Crippen LogP contribution in [0.4, 0.5) is 0 Å². The van der Waals surface area contributed by atoms with Gasteiger partial charge in [0.25, 0.3) is 5.91 Å². The van der Waals surface area contributed by atoms with Crippen molar-refractivity contribution in [3.63, 3.8) is 0 Å². The van der Waals surface area contributed by atoms with Crippen molar-refractivity contribution in [1.29, 1.82) is 0 Å². The number of nitrogens with zero attached hydrogens (tertiary/aromatic N) is 4. The van der Waals surface area contributed by atoms with Gasteiger partial charge in [0.1, 0.15) is 11.6 Å². The van der Waals surface area contributed by atoms with Gasteiger partial charge in [-0.15, -0.1) is 0 Å². The summed E-state index contributed by atoms with van der Waals surface area (Å²) in [5.74, 6) is 0.713. The molecule has 0 spiro atoms. The maximum Gasteiger partial charge on any atom is 0.348 e. The van der Waals surface area contributed by atoms with E-state index in [1.54, 1.807) is 50.6 Å². The molecule has 0 fully saturated rings. The first-order valence-electron chi connectivity index (χ1n) is 12.0. The van der Waals surface area contributed by atoms with Crippen LogP contribution in [0.1, 0.15) is 21.7 Å². The molecule has 10 heteroatoms. The lowest BCUT2D eigenvalue weighted by molar-refractivity contribution is 0.0952. The van der Waals surface area contributed by atoms with Crippen LogP contribution in [-0.2, 0) is 6.54 Å². The van der Waals surface area contributed by atoms with Crippen LogP contribution in [0.3, 0.4) is 0 Å². The Labute approximate surface area is 218 Å². The fourth-order valence-electron chi connectivity index (χ4n) is 4.37. The molecule has 192 valence electrons. The van der Waals surface area contributed by atoms with Gasteiger partial charge in [0.15, 0.2) is 0 Å². The molecule has 1 amide bonds. The molecule has 0 aliphatic carbocycles. The molecule has 0 atom stereocenters. The van der Waals surface area contributed by atoms with E-state index in [-0.39, 0.29) is 23.9 Å². The predicted molar refractivity (Wildman–Crippen MR) is 143 cm³/mol. The van der Waals surface area contributed by atoms with Crippen LogP contribution < -0.4 is 15.7 Å². The Kier molecular flexibility index (Phi) is 6.61. The van der Waals surface area contributed by atoms with Crippen molar-refractivity contribution in [1.82, 2.24) is 29.8 Å². The first-order chi connectivity index (χ1) is 18.3. The lowest BCUT2D eigenvalue weighted by Crippen LogP contribution is -2.33. The number of imidazole rings is 1. The van der Waals surface area contributed by atoms with E-state index in [1.165, 1.54) is 4.57 Å². The molecular formula is C28H26N6O4. The number of pyridine rings is 1. The SMILES string of the molecule is COc1ncccc1-c1ccc(O)c(-c2nc3cc(C(=O)NCCn4c(C)cc(C)nc4=O)ccc3[nH]2)c1. The molecule has 0 bridgehead atoms. The molecule has 38 heavy (non-hydrogen) atoms. The summed E-state index contributed by atoms with van der Waals surface area (Å²) in [6, 6.07) is 15.9. The number of aromatic amines is 1. The number of methoxy groups -OCH3 is 1. The second-order valence-corrected chi connectivity index (χ2v) is 8.84. The zero-order valence-corrected chi connectivity index (χ0v) is 21.1. The van der Waals surface area contributed by atoms with Gasteiger partial charge < -0.3 is 20.1 Å². The number of carbonyl (C=O) groups excluding carboxylic acids is 1. The number of amides is 1. The molecule has 5 aromatic rings. The number of carbonyl (C=O) groups is 1. The van der Waals surface area contributed by atoms with E-state index in [4.69, 9.17) is 4.74 Å². The van der Waals surface area contributed by atoms with Crippen molar-refractivity contribution in [3.8, 4) is 34.1 Å². The van der Waals surface area contributed by atoms with Gasteiger partial charge in [-0.05, 0) is 67.9 Å². The van der Waals surface area contributed by atoms with Crippen LogP contribution in [0.5, 0.6) is 11.6 Å².